The Balaban J connectivity index is 4.00. The van der Waals surface area contributed by atoms with Crippen molar-refractivity contribution in [2.75, 3.05) is 0 Å². The zero-order valence-corrected chi connectivity index (χ0v) is 10.4. The normalized spacial score (nSPS) is 14.5. The fourth-order valence-corrected chi connectivity index (χ4v) is 2.09. The van der Waals surface area contributed by atoms with Crippen LogP contribution in [0.15, 0.2) is 0 Å². The van der Waals surface area contributed by atoms with Crippen LogP contribution < -0.4 is 0 Å². The van der Waals surface area contributed by atoms with Gasteiger partial charge in [-0.2, -0.15) is 0 Å². The van der Waals surface area contributed by atoms with E-state index in [-0.39, 0.29) is 17.5 Å². The molecule has 0 aromatic rings. The average Bonchev–Trinajstić information content (AvgIpc) is 1.77. The minimum Gasteiger partial charge on any atom is -0.373 e. The second kappa shape index (κ2) is 5.50. The third-order valence-electron chi connectivity index (χ3n) is 2.03. The zero-order valence-electron chi connectivity index (χ0n) is 10.4. The fourth-order valence-electron chi connectivity index (χ4n) is 2.09. The number of rotatable bonds is 6. The Morgan fingerprint density at radius 2 is 1.79 bits per heavy atom. The van der Waals surface area contributed by atoms with E-state index in [0.29, 0.717) is 12.3 Å². The number of Topliss-reactive ketones (excluding diaryl/α,β-unsaturated/α-hetero) is 1. The molecule has 0 radical (unpaired) electrons. The van der Waals surface area contributed by atoms with Crippen LogP contribution in [0.1, 0.15) is 54.4 Å². The molecule has 84 valence electrons. The monoisotopic (exact) mass is 200 g/mol. The minimum absolute atomic E-state index is 0.122. The summed E-state index contributed by atoms with van der Waals surface area (Å²) in [7, 11) is 0. The number of hydrogen-bond acceptors (Lipinski definition) is 2. The minimum atomic E-state index is -0.122. The average molecular weight is 200 g/mol. The van der Waals surface area contributed by atoms with E-state index >= 15 is 0 Å². The van der Waals surface area contributed by atoms with Gasteiger partial charge >= 0.3 is 0 Å². The van der Waals surface area contributed by atoms with E-state index in [2.05, 4.69) is 20.8 Å². The second-order valence-electron chi connectivity index (χ2n) is 5.14. The van der Waals surface area contributed by atoms with Gasteiger partial charge < -0.3 is 9.53 Å². The summed E-state index contributed by atoms with van der Waals surface area (Å²) in [5.74, 6) is 0.666. The lowest BCUT2D eigenvalue weighted by Gasteiger charge is -2.30. The molecule has 0 rings (SSSR count). The quantitative estimate of drug-likeness (QED) is 0.658. The van der Waals surface area contributed by atoms with Gasteiger partial charge in [0.2, 0.25) is 0 Å². The summed E-state index contributed by atoms with van der Waals surface area (Å²) in [6.07, 6.45) is 1.84. The van der Waals surface area contributed by atoms with Crippen LogP contribution in [0.2, 0.25) is 0 Å². The van der Waals surface area contributed by atoms with Crippen molar-refractivity contribution < 1.29 is 9.53 Å². The Kier molecular flexibility index (Phi) is 5.35. The summed E-state index contributed by atoms with van der Waals surface area (Å²) in [6, 6.07) is 0. The summed E-state index contributed by atoms with van der Waals surface area (Å²) in [4.78, 5) is 10.9. The lowest BCUT2D eigenvalue weighted by atomic mass is 9.91. The SMILES string of the molecule is CC(=O)CC(C)CC(C)(C)OC(C)C. The Bertz CT molecular complexity index is 183. The number of hydrogen-bond donors (Lipinski definition) is 0. The van der Waals surface area contributed by atoms with E-state index in [4.69, 9.17) is 4.74 Å². The lowest BCUT2D eigenvalue weighted by molar-refractivity contribution is -0.118. The smallest absolute Gasteiger partial charge is 0.130 e. The van der Waals surface area contributed by atoms with Crippen LogP contribution in [0.25, 0.3) is 0 Å². The van der Waals surface area contributed by atoms with Crippen LogP contribution in [0.3, 0.4) is 0 Å². The van der Waals surface area contributed by atoms with Crippen LogP contribution in [0.4, 0.5) is 0 Å². The van der Waals surface area contributed by atoms with Gasteiger partial charge in [0.15, 0.2) is 0 Å². The summed E-state index contributed by atoms with van der Waals surface area (Å²) in [5.41, 5.74) is -0.122. The zero-order chi connectivity index (χ0) is 11.4. The summed E-state index contributed by atoms with van der Waals surface area (Å²) >= 11 is 0. The van der Waals surface area contributed by atoms with Gasteiger partial charge in [-0.25, -0.2) is 0 Å². The molecule has 0 saturated heterocycles. The Morgan fingerprint density at radius 1 is 1.29 bits per heavy atom. The molecule has 0 bridgehead atoms. The Labute approximate surface area is 88.0 Å². The molecule has 0 aliphatic rings. The van der Waals surface area contributed by atoms with Crippen LogP contribution in [-0.2, 0) is 9.53 Å². The highest BCUT2D eigenvalue weighted by Gasteiger charge is 2.23. The number of carbonyl (C=O) groups is 1. The first-order chi connectivity index (χ1) is 6.23. The highest BCUT2D eigenvalue weighted by atomic mass is 16.5. The van der Waals surface area contributed by atoms with E-state index in [9.17, 15) is 4.79 Å². The molecule has 0 N–H and O–H groups in total. The fraction of sp³-hybridized carbons (Fsp3) is 0.917. The maximum Gasteiger partial charge on any atom is 0.130 e. The van der Waals surface area contributed by atoms with Gasteiger partial charge in [0.05, 0.1) is 11.7 Å². The standard InChI is InChI=1S/C12H24O2/c1-9(2)14-12(5,6)8-10(3)7-11(4)13/h9-10H,7-8H2,1-6H3. The van der Waals surface area contributed by atoms with E-state index in [0.717, 1.165) is 6.42 Å². The molecule has 0 aromatic heterocycles. The largest absolute Gasteiger partial charge is 0.373 e. The molecule has 0 saturated carbocycles. The first-order valence-corrected chi connectivity index (χ1v) is 5.40. The molecular weight excluding hydrogens is 176 g/mol. The topological polar surface area (TPSA) is 26.3 Å². The lowest BCUT2D eigenvalue weighted by Crippen LogP contribution is -2.30. The van der Waals surface area contributed by atoms with Gasteiger partial charge in [0.25, 0.3) is 0 Å². The number of ether oxygens (including phenoxy) is 1. The third kappa shape index (κ3) is 7.07. The van der Waals surface area contributed by atoms with Crippen molar-refractivity contribution in [2.45, 2.75) is 66.1 Å². The van der Waals surface area contributed by atoms with Gasteiger partial charge in [-0.15, -0.1) is 0 Å². The highest BCUT2D eigenvalue weighted by Crippen LogP contribution is 2.23. The molecule has 14 heavy (non-hydrogen) atoms. The van der Waals surface area contributed by atoms with Gasteiger partial charge in [-0.1, -0.05) is 6.92 Å². The first kappa shape index (κ1) is 13.6. The van der Waals surface area contributed by atoms with Crippen molar-refractivity contribution in [2.24, 2.45) is 5.92 Å². The molecule has 2 heteroatoms. The van der Waals surface area contributed by atoms with Crippen LogP contribution in [0, 0.1) is 5.92 Å². The first-order valence-electron chi connectivity index (χ1n) is 5.40. The van der Waals surface area contributed by atoms with Crippen molar-refractivity contribution in [1.82, 2.24) is 0 Å². The van der Waals surface area contributed by atoms with Crippen molar-refractivity contribution in [3.8, 4) is 0 Å². The molecule has 0 amide bonds. The van der Waals surface area contributed by atoms with Crippen molar-refractivity contribution in [1.29, 1.82) is 0 Å². The molecule has 0 aliphatic carbocycles. The Morgan fingerprint density at radius 3 is 2.14 bits per heavy atom. The van der Waals surface area contributed by atoms with Crippen LogP contribution in [-0.4, -0.2) is 17.5 Å². The van der Waals surface area contributed by atoms with Crippen molar-refractivity contribution >= 4 is 5.78 Å². The molecule has 0 heterocycles. The molecule has 0 aliphatic heterocycles. The van der Waals surface area contributed by atoms with Gasteiger partial charge in [-0.3, -0.25) is 0 Å². The van der Waals surface area contributed by atoms with Crippen LogP contribution in [0.5, 0.6) is 0 Å². The molecule has 2 nitrogen and oxygen atoms in total. The summed E-state index contributed by atoms with van der Waals surface area (Å²) < 4.78 is 5.78. The molecule has 1 unspecified atom stereocenters. The molecule has 0 fully saturated rings. The maximum atomic E-state index is 10.9. The van der Waals surface area contributed by atoms with Gasteiger partial charge in [0.1, 0.15) is 5.78 Å². The maximum absolute atomic E-state index is 10.9. The molecule has 0 spiro atoms. The molecule has 1 atom stereocenters. The number of ketones is 1. The highest BCUT2D eigenvalue weighted by molar-refractivity contribution is 5.75. The van der Waals surface area contributed by atoms with Gasteiger partial charge in [0, 0.05) is 6.42 Å². The van der Waals surface area contributed by atoms with Crippen molar-refractivity contribution in [3.63, 3.8) is 0 Å². The van der Waals surface area contributed by atoms with E-state index in [1.807, 2.05) is 13.8 Å². The molecular formula is C12H24O2. The predicted octanol–water partition coefficient (Wildman–Crippen LogP) is 3.20. The van der Waals surface area contributed by atoms with E-state index < -0.39 is 0 Å². The Hall–Kier alpha value is -0.370. The van der Waals surface area contributed by atoms with E-state index in [1.165, 1.54) is 0 Å². The predicted molar refractivity (Wildman–Crippen MR) is 59.4 cm³/mol. The van der Waals surface area contributed by atoms with Crippen molar-refractivity contribution in [3.05, 3.63) is 0 Å². The van der Waals surface area contributed by atoms with Crippen LogP contribution >= 0.6 is 0 Å². The summed E-state index contributed by atoms with van der Waals surface area (Å²) in [5, 5.41) is 0. The second-order valence-corrected chi connectivity index (χ2v) is 5.14. The summed E-state index contributed by atoms with van der Waals surface area (Å²) in [6.45, 7) is 12.0. The van der Waals surface area contributed by atoms with Gasteiger partial charge in [-0.05, 0) is 47.0 Å². The number of carbonyl (C=O) groups excluding carboxylic acids is 1. The third-order valence-corrected chi connectivity index (χ3v) is 2.03. The van der Waals surface area contributed by atoms with E-state index in [1.54, 1.807) is 6.92 Å². The molecule has 0 aromatic carbocycles.